The van der Waals surface area contributed by atoms with Crippen LogP contribution in [0.3, 0.4) is 0 Å². The number of hydrogen-bond acceptors (Lipinski definition) is 6. The van der Waals surface area contributed by atoms with Gasteiger partial charge in [0.1, 0.15) is 11.6 Å². The van der Waals surface area contributed by atoms with E-state index in [1.165, 1.54) is 17.1 Å². The van der Waals surface area contributed by atoms with Crippen molar-refractivity contribution in [2.75, 3.05) is 0 Å². The lowest BCUT2D eigenvalue weighted by molar-refractivity contribution is -0.136. The third-order valence-electron chi connectivity index (χ3n) is 5.81. The van der Waals surface area contributed by atoms with E-state index in [1.807, 2.05) is 6.07 Å². The molecule has 0 aliphatic rings. The summed E-state index contributed by atoms with van der Waals surface area (Å²) < 4.78 is 45.2. The van der Waals surface area contributed by atoms with E-state index in [0.29, 0.717) is 28.2 Å². The van der Waals surface area contributed by atoms with Gasteiger partial charge in [0.15, 0.2) is 0 Å². The van der Waals surface area contributed by atoms with Crippen LogP contribution in [0.4, 0.5) is 13.2 Å². The Balaban J connectivity index is 1.50. The minimum absolute atomic E-state index is 0.197. The standard InChI is InChI=1S/C24H14F3N9/c25-24(26,27)19-7-16(21-5-6-31-35(21)13-17-3-1-14(10-28)11-29-17)8-22-23(19)33-34-36(22)18-4-2-15-12-30-32-20(15)9-18/h1-9,11-12H,13H2,(H,30,32). The maximum Gasteiger partial charge on any atom is 0.418 e. The fourth-order valence-corrected chi connectivity index (χ4v) is 4.08. The number of benzene rings is 2. The third-order valence-corrected chi connectivity index (χ3v) is 5.81. The van der Waals surface area contributed by atoms with Crippen LogP contribution < -0.4 is 0 Å². The minimum atomic E-state index is -4.65. The van der Waals surface area contributed by atoms with Crippen molar-refractivity contribution in [2.45, 2.75) is 12.7 Å². The molecule has 2 aromatic carbocycles. The maximum absolute atomic E-state index is 14.1. The summed E-state index contributed by atoms with van der Waals surface area (Å²) in [4.78, 5) is 4.24. The van der Waals surface area contributed by atoms with Crippen LogP contribution in [0.1, 0.15) is 16.8 Å². The number of aromatic nitrogens is 8. The molecule has 0 radical (unpaired) electrons. The van der Waals surface area contributed by atoms with Crippen molar-refractivity contribution in [1.82, 2.24) is 40.0 Å². The van der Waals surface area contributed by atoms with E-state index in [0.717, 1.165) is 17.0 Å². The fraction of sp³-hybridized carbons (Fsp3) is 0.0833. The fourth-order valence-electron chi connectivity index (χ4n) is 4.08. The molecule has 0 unspecified atom stereocenters. The molecule has 0 saturated heterocycles. The predicted molar refractivity (Wildman–Crippen MR) is 123 cm³/mol. The van der Waals surface area contributed by atoms with E-state index in [2.05, 4.69) is 30.6 Å². The summed E-state index contributed by atoms with van der Waals surface area (Å²) in [6.45, 7) is 0.210. The van der Waals surface area contributed by atoms with Gasteiger partial charge in [-0.15, -0.1) is 5.10 Å². The number of alkyl halides is 3. The zero-order valence-electron chi connectivity index (χ0n) is 18.3. The first-order chi connectivity index (χ1) is 17.4. The quantitative estimate of drug-likeness (QED) is 0.394. The van der Waals surface area contributed by atoms with Gasteiger partial charge >= 0.3 is 6.18 Å². The van der Waals surface area contributed by atoms with Gasteiger partial charge in [-0.05, 0) is 48.5 Å². The van der Waals surface area contributed by atoms with Gasteiger partial charge in [-0.2, -0.15) is 28.6 Å². The van der Waals surface area contributed by atoms with E-state index < -0.39 is 11.7 Å². The Morgan fingerprint density at radius 3 is 2.69 bits per heavy atom. The molecule has 4 aromatic heterocycles. The van der Waals surface area contributed by atoms with Gasteiger partial charge < -0.3 is 0 Å². The molecule has 6 aromatic rings. The Labute approximate surface area is 200 Å². The summed E-state index contributed by atoms with van der Waals surface area (Å²) in [6.07, 6.45) is -0.0461. The van der Waals surface area contributed by atoms with Crippen molar-refractivity contribution in [3.8, 4) is 23.0 Å². The molecule has 0 atom stereocenters. The second-order valence-electron chi connectivity index (χ2n) is 8.06. The molecule has 36 heavy (non-hydrogen) atoms. The van der Waals surface area contributed by atoms with Gasteiger partial charge in [-0.25, -0.2) is 4.68 Å². The van der Waals surface area contributed by atoms with Crippen LogP contribution in [0.2, 0.25) is 0 Å². The van der Waals surface area contributed by atoms with Gasteiger partial charge in [0.2, 0.25) is 0 Å². The molecule has 9 nitrogen and oxygen atoms in total. The lowest BCUT2D eigenvalue weighted by Crippen LogP contribution is -2.09. The Kier molecular flexibility index (Phi) is 4.78. The van der Waals surface area contributed by atoms with Gasteiger partial charge in [-0.1, -0.05) is 5.21 Å². The number of halogens is 3. The van der Waals surface area contributed by atoms with Crippen molar-refractivity contribution in [3.63, 3.8) is 0 Å². The largest absolute Gasteiger partial charge is 0.418 e. The zero-order valence-corrected chi connectivity index (χ0v) is 18.3. The first kappa shape index (κ1) is 21.5. The summed E-state index contributed by atoms with van der Waals surface area (Å²) in [7, 11) is 0. The molecule has 176 valence electrons. The van der Waals surface area contributed by atoms with Crippen molar-refractivity contribution in [1.29, 1.82) is 5.26 Å². The Bertz CT molecular complexity index is 1770. The summed E-state index contributed by atoms with van der Waals surface area (Å²) in [5, 5.41) is 28.8. The monoisotopic (exact) mass is 485 g/mol. The molecule has 0 amide bonds. The molecule has 12 heteroatoms. The highest BCUT2D eigenvalue weighted by Crippen LogP contribution is 2.38. The van der Waals surface area contributed by atoms with Gasteiger partial charge in [0.05, 0.1) is 52.0 Å². The lowest BCUT2D eigenvalue weighted by Gasteiger charge is -2.12. The number of aromatic amines is 1. The highest BCUT2D eigenvalue weighted by atomic mass is 19.4. The normalized spacial score (nSPS) is 11.8. The molecule has 0 fully saturated rings. The number of H-pyrrole nitrogens is 1. The third kappa shape index (κ3) is 3.63. The van der Waals surface area contributed by atoms with Gasteiger partial charge in [-0.3, -0.25) is 14.8 Å². The smallest absolute Gasteiger partial charge is 0.278 e. The van der Waals surface area contributed by atoms with Crippen molar-refractivity contribution >= 4 is 21.9 Å². The number of pyridine rings is 1. The molecule has 0 spiro atoms. The van der Waals surface area contributed by atoms with Crippen LogP contribution in [0.5, 0.6) is 0 Å². The Morgan fingerprint density at radius 1 is 1.03 bits per heavy atom. The molecule has 0 saturated carbocycles. The molecule has 0 aliphatic carbocycles. The van der Waals surface area contributed by atoms with E-state index in [1.54, 1.807) is 53.3 Å². The summed E-state index contributed by atoms with van der Waals surface area (Å²) in [6, 6.07) is 14.9. The van der Waals surface area contributed by atoms with Crippen LogP contribution in [-0.4, -0.2) is 40.0 Å². The maximum atomic E-state index is 14.1. The van der Waals surface area contributed by atoms with Crippen LogP contribution in [-0.2, 0) is 12.7 Å². The van der Waals surface area contributed by atoms with E-state index in [-0.39, 0.29) is 17.6 Å². The van der Waals surface area contributed by atoms with Crippen LogP contribution in [0.25, 0.3) is 38.9 Å². The molecular weight excluding hydrogens is 471 g/mol. The molecule has 6 rings (SSSR count). The predicted octanol–water partition coefficient (Wildman–Crippen LogP) is 4.49. The van der Waals surface area contributed by atoms with Gasteiger partial charge in [0.25, 0.3) is 0 Å². The van der Waals surface area contributed by atoms with Crippen molar-refractivity contribution in [3.05, 3.63) is 83.9 Å². The number of nitrogens with one attached hydrogen (secondary N) is 1. The zero-order chi connectivity index (χ0) is 24.9. The Hall–Kier alpha value is -5.05. The summed E-state index contributed by atoms with van der Waals surface area (Å²) >= 11 is 0. The molecule has 0 aliphatic heterocycles. The van der Waals surface area contributed by atoms with E-state index >= 15 is 0 Å². The first-order valence-electron chi connectivity index (χ1n) is 10.7. The number of hydrogen-bond donors (Lipinski definition) is 1. The SMILES string of the molecule is N#Cc1ccc(Cn2nccc2-c2cc(C(F)(F)F)c3nnn(-c4ccc5cn[nH]c5c4)c3c2)nc1. The second kappa shape index (κ2) is 8.02. The molecule has 4 heterocycles. The van der Waals surface area contributed by atoms with Crippen LogP contribution >= 0.6 is 0 Å². The average molecular weight is 485 g/mol. The average Bonchev–Trinajstić information content (AvgIpc) is 3.62. The van der Waals surface area contributed by atoms with Crippen LogP contribution in [0, 0.1) is 11.3 Å². The topological polar surface area (TPSA) is 114 Å². The van der Waals surface area contributed by atoms with Crippen LogP contribution in [0.15, 0.2) is 67.1 Å². The van der Waals surface area contributed by atoms with Gasteiger partial charge in [0, 0.05) is 23.3 Å². The number of fused-ring (bicyclic) bond motifs is 2. The lowest BCUT2D eigenvalue weighted by atomic mass is 10.0. The highest BCUT2D eigenvalue weighted by Gasteiger charge is 2.35. The van der Waals surface area contributed by atoms with E-state index in [9.17, 15) is 13.2 Å². The first-order valence-corrected chi connectivity index (χ1v) is 10.7. The van der Waals surface area contributed by atoms with Crippen molar-refractivity contribution in [2.24, 2.45) is 0 Å². The molecular formula is C24H14F3N9. The molecule has 0 bridgehead atoms. The number of rotatable bonds is 4. The van der Waals surface area contributed by atoms with Crippen molar-refractivity contribution < 1.29 is 13.2 Å². The summed E-state index contributed by atoms with van der Waals surface area (Å²) in [5.74, 6) is 0. The summed E-state index contributed by atoms with van der Waals surface area (Å²) in [5.41, 5.74) is 2.08. The van der Waals surface area contributed by atoms with E-state index in [4.69, 9.17) is 5.26 Å². The minimum Gasteiger partial charge on any atom is -0.278 e. The highest BCUT2D eigenvalue weighted by molar-refractivity contribution is 5.87. The number of nitrogens with zero attached hydrogens (tertiary/aromatic N) is 8. The molecule has 1 N–H and O–H groups in total. The number of nitriles is 1. The Morgan fingerprint density at radius 2 is 1.92 bits per heavy atom. The second-order valence-corrected chi connectivity index (χ2v) is 8.06.